The van der Waals surface area contributed by atoms with Crippen LogP contribution < -0.4 is 10.1 Å². The van der Waals surface area contributed by atoms with Crippen LogP contribution in [0, 0.1) is 11.2 Å². The highest BCUT2D eigenvalue weighted by Gasteiger charge is 2.44. The monoisotopic (exact) mass is 347 g/mol. The van der Waals surface area contributed by atoms with Crippen molar-refractivity contribution in [3.8, 4) is 5.88 Å². The lowest BCUT2D eigenvalue weighted by Crippen LogP contribution is -2.38. The normalized spacial score (nSPS) is 25.9. The van der Waals surface area contributed by atoms with Gasteiger partial charge in [0.15, 0.2) is 0 Å². The standard InChI is InChI=1S/C18H22FN3O3/c19-14-3-1-13(2-4-14)9-21-11-18(7-15(23)16(24)8-18)12-25-17-10-20-5-6-22-17/h1-6,10,15-16,21,23-24H,7-9,11-12H2. The molecule has 7 heteroatoms. The third kappa shape index (κ3) is 4.72. The van der Waals surface area contributed by atoms with E-state index in [0.717, 1.165) is 5.56 Å². The molecule has 0 saturated heterocycles. The minimum atomic E-state index is -0.766. The van der Waals surface area contributed by atoms with Gasteiger partial charge in [-0.2, -0.15) is 0 Å². The molecule has 1 aromatic heterocycles. The zero-order valence-corrected chi connectivity index (χ0v) is 13.8. The van der Waals surface area contributed by atoms with Gasteiger partial charge in [0.2, 0.25) is 5.88 Å². The van der Waals surface area contributed by atoms with Crippen LogP contribution >= 0.6 is 0 Å². The second-order valence-corrected chi connectivity index (χ2v) is 6.61. The van der Waals surface area contributed by atoms with E-state index in [1.54, 1.807) is 24.5 Å². The van der Waals surface area contributed by atoms with Crippen molar-refractivity contribution in [3.05, 3.63) is 54.2 Å². The summed E-state index contributed by atoms with van der Waals surface area (Å²) in [4.78, 5) is 8.04. The molecule has 2 aromatic rings. The summed E-state index contributed by atoms with van der Waals surface area (Å²) in [6.45, 7) is 1.44. The Morgan fingerprint density at radius 1 is 1.16 bits per heavy atom. The average molecular weight is 347 g/mol. The highest BCUT2D eigenvalue weighted by molar-refractivity contribution is 5.15. The maximum Gasteiger partial charge on any atom is 0.232 e. The van der Waals surface area contributed by atoms with E-state index < -0.39 is 17.6 Å². The van der Waals surface area contributed by atoms with E-state index in [0.29, 0.717) is 38.4 Å². The van der Waals surface area contributed by atoms with Gasteiger partial charge in [-0.25, -0.2) is 9.37 Å². The van der Waals surface area contributed by atoms with Crippen molar-refractivity contribution in [3.63, 3.8) is 0 Å². The van der Waals surface area contributed by atoms with E-state index in [4.69, 9.17) is 4.74 Å². The number of halogens is 1. The topological polar surface area (TPSA) is 87.5 Å². The second kappa shape index (κ2) is 7.86. The van der Waals surface area contributed by atoms with Crippen LogP contribution in [0.5, 0.6) is 5.88 Å². The number of ether oxygens (including phenoxy) is 1. The molecule has 0 aliphatic heterocycles. The van der Waals surface area contributed by atoms with Crippen molar-refractivity contribution < 1.29 is 19.3 Å². The van der Waals surface area contributed by atoms with Crippen LogP contribution in [0.3, 0.4) is 0 Å². The van der Waals surface area contributed by atoms with Crippen molar-refractivity contribution in [2.24, 2.45) is 5.41 Å². The number of aliphatic hydroxyl groups excluding tert-OH is 2. The van der Waals surface area contributed by atoms with Gasteiger partial charge in [-0.05, 0) is 30.5 Å². The van der Waals surface area contributed by atoms with Gasteiger partial charge in [0.25, 0.3) is 0 Å². The fourth-order valence-corrected chi connectivity index (χ4v) is 3.22. The van der Waals surface area contributed by atoms with Gasteiger partial charge in [-0.15, -0.1) is 0 Å². The molecule has 1 aliphatic rings. The Kier molecular flexibility index (Phi) is 5.57. The maximum atomic E-state index is 13.0. The quantitative estimate of drug-likeness (QED) is 0.700. The molecule has 134 valence electrons. The Morgan fingerprint density at radius 2 is 1.88 bits per heavy atom. The first-order valence-corrected chi connectivity index (χ1v) is 8.26. The number of aliphatic hydroxyl groups is 2. The molecule has 1 heterocycles. The molecule has 2 atom stereocenters. The number of rotatable bonds is 7. The van der Waals surface area contributed by atoms with E-state index in [-0.39, 0.29) is 5.82 Å². The fraction of sp³-hybridized carbons (Fsp3) is 0.444. The van der Waals surface area contributed by atoms with Gasteiger partial charge in [-0.1, -0.05) is 12.1 Å². The van der Waals surface area contributed by atoms with Crippen LogP contribution in [-0.2, 0) is 6.54 Å². The van der Waals surface area contributed by atoms with Gasteiger partial charge in [0, 0.05) is 30.9 Å². The summed E-state index contributed by atoms with van der Waals surface area (Å²) in [7, 11) is 0. The van der Waals surface area contributed by atoms with E-state index in [2.05, 4.69) is 15.3 Å². The van der Waals surface area contributed by atoms with Crippen LogP contribution in [-0.4, -0.2) is 45.5 Å². The minimum absolute atomic E-state index is 0.264. The van der Waals surface area contributed by atoms with E-state index >= 15 is 0 Å². The third-order valence-electron chi connectivity index (χ3n) is 4.54. The number of aromatic nitrogens is 2. The number of nitrogens with one attached hydrogen (secondary N) is 1. The summed E-state index contributed by atoms with van der Waals surface area (Å²) in [6.07, 6.45) is 3.98. The number of benzene rings is 1. The summed E-state index contributed by atoms with van der Waals surface area (Å²) in [5.74, 6) is 0.149. The summed E-state index contributed by atoms with van der Waals surface area (Å²) >= 11 is 0. The molecule has 1 aromatic carbocycles. The second-order valence-electron chi connectivity index (χ2n) is 6.61. The Morgan fingerprint density at radius 3 is 2.52 bits per heavy atom. The van der Waals surface area contributed by atoms with E-state index in [9.17, 15) is 14.6 Å². The number of nitrogens with zero attached hydrogens (tertiary/aromatic N) is 2. The summed E-state index contributed by atoms with van der Waals surface area (Å²) in [5, 5.41) is 23.3. The van der Waals surface area contributed by atoms with Gasteiger partial charge < -0.3 is 20.3 Å². The summed E-state index contributed by atoms with van der Waals surface area (Å²) in [6, 6.07) is 6.30. The van der Waals surface area contributed by atoms with Gasteiger partial charge in [0.05, 0.1) is 25.0 Å². The molecular formula is C18H22FN3O3. The Hall–Kier alpha value is -2.09. The lowest BCUT2D eigenvalue weighted by molar-refractivity contribution is 0.0438. The van der Waals surface area contributed by atoms with E-state index in [1.165, 1.54) is 18.3 Å². The average Bonchev–Trinajstić information content (AvgIpc) is 2.90. The smallest absolute Gasteiger partial charge is 0.232 e. The van der Waals surface area contributed by atoms with Crippen LogP contribution in [0.25, 0.3) is 0 Å². The highest BCUT2D eigenvalue weighted by Crippen LogP contribution is 2.38. The van der Waals surface area contributed by atoms with Crippen molar-refractivity contribution in [2.45, 2.75) is 31.6 Å². The number of hydrogen-bond donors (Lipinski definition) is 3. The zero-order chi connectivity index (χ0) is 17.7. The molecule has 0 amide bonds. The maximum absolute atomic E-state index is 13.0. The molecule has 1 saturated carbocycles. The fourth-order valence-electron chi connectivity index (χ4n) is 3.22. The van der Waals surface area contributed by atoms with Crippen molar-refractivity contribution in [1.82, 2.24) is 15.3 Å². The predicted molar refractivity (Wildman–Crippen MR) is 89.3 cm³/mol. The van der Waals surface area contributed by atoms with Crippen molar-refractivity contribution in [2.75, 3.05) is 13.2 Å². The minimum Gasteiger partial charge on any atom is -0.476 e. The lowest BCUT2D eigenvalue weighted by Gasteiger charge is -2.29. The molecule has 2 unspecified atom stereocenters. The van der Waals surface area contributed by atoms with Gasteiger partial charge in [0.1, 0.15) is 5.82 Å². The van der Waals surface area contributed by atoms with Crippen LogP contribution in [0.15, 0.2) is 42.9 Å². The van der Waals surface area contributed by atoms with Crippen molar-refractivity contribution >= 4 is 0 Å². The molecule has 0 spiro atoms. The SMILES string of the molecule is OC1CC(CNCc2ccc(F)cc2)(COc2cnccn2)CC1O. The first-order valence-electron chi connectivity index (χ1n) is 8.26. The van der Waals surface area contributed by atoms with Crippen molar-refractivity contribution in [1.29, 1.82) is 0 Å². The van der Waals surface area contributed by atoms with E-state index in [1.807, 2.05) is 0 Å². The molecule has 0 radical (unpaired) electrons. The van der Waals surface area contributed by atoms with Crippen LogP contribution in [0.2, 0.25) is 0 Å². The van der Waals surface area contributed by atoms with Gasteiger partial charge in [-0.3, -0.25) is 4.98 Å². The third-order valence-corrected chi connectivity index (χ3v) is 4.54. The first kappa shape index (κ1) is 17.7. The molecule has 3 N–H and O–H groups in total. The zero-order valence-electron chi connectivity index (χ0n) is 13.8. The first-order chi connectivity index (χ1) is 12.1. The summed E-state index contributed by atoms with van der Waals surface area (Å²) < 4.78 is 18.7. The molecule has 25 heavy (non-hydrogen) atoms. The summed E-state index contributed by atoms with van der Waals surface area (Å²) in [5.41, 5.74) is 0.557. The van der Waals surface area contributed by atoms with Crippen LogP contribution in [0.1, 0.15) is 18.4 Å². The Bertz CT molecular complexity index is 659. The predicted octanol–water partition coefficient (Wildman–Crippen LogP) is 1.29. The Labute approximate surface area is 145 Å². The molecular weight excluding hydrogens is 325 g/mol. The molecule has 1 fully saturated rings. The molecule has 6 nitrogen and oxygen atoms in total. The number of hydrogen-bond acceptors (Lipinski definition) is 6. The van der Waals surface area contributed by atoms with Crippen LogP contribution in [0.4, 0.5) is 4.39 Å². The Balaban J connectivity index is 1.60. The molecule has 0 bridgehead atoms. The largest absolute Gasteiger partial charge is 0.476 e. The highest BCUT2D eigenvalue weighted by atomic mass is 19.1. The lowest BCUT2D eigenvalue weighted by atomic mass is 9.86. The molecule has 1 aliphatic carbocycles. The molecule has 3 rings (SSSR count). The van der Waals surface area contributed by atoms with Gasteiger partial charge >= 0.3 is 0 Å².